The van der Waals surface area contributed by atoms with Crippen molar-refractivity contribution in [1.82, 2.24) is 19.8 Å². The van der Waals surface area contributed by atoms with Gasteiger partial charge in [-0.25, -0.2) is 4.98 Å². The minimum Gasteiger partial charge on any atom is -0.357 e. The molecule has 0 radical (unpaired) electrons. The molecule has 1 aromatic carbocycles. The van der Waals surface area contributed by atoms with E-state index in [0.717, 1.165) is 47.1 Å². The monoisotopic (exact) mass is 465 g/mol. The number of rotatable bonds is 4. The molecule has 2 aliphatic heterocycles. The molecule has 0 saturated carbocycles. The van der Waals surface area contributed by atoms with Gasteiger partial charge in [-0.1, -0.05) is 18.2 Å². The van der Waals surface area contributed by atoms with Crippen LogP contribution in [0.4, 0.5) is 5.82 Å². The van der Waals surface area contributed by atoms with Crippen molar-refractivity contribution >= 4 is 47.0 Å². The average molecular weight is 466 g/mol. The number of amides is 2. The molecular weight excluding hydrogens is 438 g/mol. The number of nitrogens with one attached hydrogen (secondary N) is 2. The maximum absolute atomic E-state index is 12.8. The van der Waals surface area contributed by atoms with E-state index in [1.807, 2.05) is 31.2 Å². The summed E-state index contributed by atoms with van der Waals surface area (Å²) >= 11 is 0. The summed E-state index contributed by atoms with van der Waals surface area (Å²) in [6.07, 6.45) is 6.99. The Morgan fingerprint density at radius 2 is 2.12 bits per heavy atom. The largest absolute Gasteiger partial charge is 0.357 e. The van der Waals surface area contributed by atoms with Gasteiger partial charge >= 0.3 is 0 Å². The zero-order valence-corrected chi connectivity index (χ0v) is 19.6. The van der Waals surface area contributed by atoms with Crippen LogP contribution < -0.4 is 5.32 Å². The average Bonchev–Trinajstić information content (AvgIpc) is 3.42. The standard InChI is InChI=1S/C25H27N5O2.ClH/c1-16(21-13-18-6-3-4-7-20(18)27-21)29(2)23(31)10-9-17-12-19-15-30-11-5-8-22(30)25(32)28-24(19)26-14-17;/h3-4,6-7,9-10,12-14,16,22,27H,5,8,11,15H2,1-2H3,(H,26,28,32);1H/b10-9+;/t16?,22-;/m1./s1. The van der Waals surface area contributed by atoms with Crippen molar-refractivity contribution < 1.29 is 9.59 Å². The number of H-pyrrole nitrogens is 1. The van der Waals surface area contributed by atoms with E-state index in [1.54, 1.807) is 30.3 Å². The fraction of sp³-hybridized carbons (Fsp3) is 0.320. The highest BCUT2D eigenvalue weighted by molar-refractivity contribution is 5.96. The van der Waals surface area contributed by atoms with E-state index in [2.05, 4.69) is 32.3 Å². The van der Waals surface area contributed by atoms with Gasteiger partial charge in [0.25, 0.3) is 0 Å². The number of carbonyl (C=O) groups is 2. The summed E-state index contributed by atoms with van der Waals surface area (Å²) in [6, 6.07) is 12.0. The van der Waals surface area contributed by atoms with Crippen LogP contribution in [0.1, 0.15) is 42.6 Å². The van der Waals surface area contributed by atoms with E-state index >= 15 is 0 Å². The third-order valence-corrected chi connectivity index (χ3v) is 6.62. The zero-order valence-electron chi connectivity index (χ0n) is 18.7. The van der Waals surface area contributed by atoms with E-state index < -0.39 is 0 Å². The first-order valence-electron chi connectivity index (χ1n) is 11.1. The molecule has 2 atom stereocenters. The number of fused-ring (bicyclic) bond motifs is 3. The molecule has 1 saturated heterocycles. The van der Waals surface area contributed by atoms with Crippen LogP contribution in [0.3, 0.4) is 0 Å². The minimum atomic E-state index is -0.0907. The highest BCUT2D eigenvalue weighted by atomic mass is 35.5. The first kappa shape index (κ1) is 23.0. The van der Waals surface area contributed by atoms with Crippen molar-refractivity contribution in [2.24, 2.45) is 0 Å². The Kier molecular flexibility index (Phi) is 6.54. The number of nitrogens with zero attached hydrogens (tertiary/aromatic N) is 3. The molecule has 172 valence electrons. The van der Waals surface area contributed by atoms with Crippen LogP contribution in [-0.2, 0) is 16.1 Å². The number of hydrogen-bond donors (Lipinski definition) is 2. The van der Waals surface area contributed by atoms with Crippen molar-refractivity contribution in [2.45, 2.75) is 38.4 Å². The van der Waals surface area contributed by atoms with E-state index in [9.17, 15) is 9.59 Å². The second-order valence-electron chi connectivity index (χ2n) is 8.66. The Morgan fingerprint density at radius 3 is 2.94 bits per heavy atom. The Bertz CT molecular complexity index is 1190. The number of carbonyl (C=O) groups excluding carboxylic acids is 2. The van der Waals surface area contributed by atoms with Gasteiger partial charge in [-0.15, -0.1) is 12.4 Å². The molecule has 0 spiro atoms. The van der Waals surface area contributed by atoms with Crippen LogP contribution in [0, 0.1) is 0 Å². The van der Waals surface area contributed by atoms with Gasteiger partial charge in [-0.05, 0) is 61.5 Å². The number of hydrogen-bond acceptors (Lipinski definition) is 4. The first-order chi connectivity index (χ1) is 15.5. The Labute approximate surface area is 199 Å². The van der Waals surface area contributed by atoms with Crippen molar-refractivity contribution in [2.75, 3.05) is 18.9 Å². The summed E-state index contributed by atoms with van der Waals surface area (Å²) < 4.78 is 0. The highest BCUT2D eigenvalue weighted by Gasteiger charge is 2.34. The lowest BCUT2D eigenvalue weighted by atomic mass is 10.1. The molecule has 2 aliphatic rings. The summed E-state index contributed by atoms with van der Waals surface area (Å²) in [4.78, 5) is 37.0. The van der Waals surface area contributed by atoms with Gasteiger partial charge in [0.2, 0.25) is 11.8 Å². The summed E-state index contributed by atoms with van der Waals surface area (Å²) in [5, 5.41) is 4.09. The van der Waals surface area contributed by atoms with E-state index in [4.69, 9.17) is 0 Å². The third-order valence-electron chi connectivity index (χ3n) is 6.62. The zero-order chi connectivity index (χ0) is 22.2. The van der Waals surface area contributed by atoms with Gasteiger partial charge in [0.05, 0.1) is 12.1 Å². The van der Waals surface area contributed by atoms with Gasteiger partial charge in [-0.3, -0.25) is 14.5 Å². The molecule has 1 fully saturated rings. The molecule has 3 aromatic rings. The van der Waals surface area contributed by atoms with Crippen LogP contribution in [0.2, 0.25) is 0 Å². The van der Waals surface area contributed by atoms with Crippen molar-refractivity contribution in [3.8, 4) is 0 Å². The normalized spacial score (nSPS) is 18.8. The van der Waals surface area contributed by atoms with E-state index in [0.29, 0.717) is 12.4 Å². The summed E-state index contributed by atoms with van der Waals surface area (Å²) in [5.74, 6) is 0.566. The molecular formula is C25H28ClN5O2. The van der Waals surface area contributed by atoms with Gasteiger partial charge in [0, 0.05) is 42.6 Å². The van der Waals surface area contributed by atoms with Crippen molar-refractivity contribution in [1.29, 1.82) is 0 Å². The van der Waals surface area contributed by atoms with Gasteiger partial charge in [-0.2, -0.15) is 0 Å². The minimum absolute atomic E-state index is 0. The second kappa shape index (κ2) is 9.37. The van der Waals surface area contributed by atoms with E-state index in [1.165, 1.54) is 0 Å². The molecule has 0 aliphatic carbocycles. The summed E-state index contributed by atoms with van der Waals surface area (Å²) in [7, 11) is 1.81. The van der Waals surface area contributed by atoms with Crippen LogP contribution in [-0.4, -0.2) is 51.2 Å². The Morgan fingerprint density at radius 1 is 1.30 bits per heavy atom. The maximum Gasteiger partial charge on any atom is 0.246 e. The number of benzene rings is 1. The molecule has 1 unspecified atom stereocenters. The van der Waals surface area contributed by atoms with Gasteiger partial charge in [0.1, 0.15) is 5.82 Å². The lowest BCUT2D eigenvalue weighted by Crippen LogP contribution is -2.36. The quantitative estimate of drug-likeness (QED) is 0.567. The van der Waals surface area contributed by atoms with Crippen LogP contribution in [0.15, 0.2) is 48.7 Å². The predicted molar refractivity (Wildman–Crippen MR) is 132 cm³/mol. The van der Waals surface area contributed by atoms with Crippen molar-refractivity contribution in [3.05, 3.63) is 65.5 Å². The highest BCUT2D eigenvalue weighted by Crippen LogP contribution is 2.28. The lowest BCUT2D eigenvalue weighted by Gasteiger charge is -2.22. The first-order valence-corrected chi connectivity index (χ1v) is 11.1. The number of pyridine rings is 1. The maximum atomic E-state index is 12.8. The fourth-order valence-electron chi connectivity index (χ4n) is 4.59. The number of para-hydroxylation sites is 1. The molecule has 8 heteroatoms. The topological polar surface area (TPSA) is 81.3 Å². The van der Waals surface area contributed by atoms with Gasteiger partial charge < -0.3 is 15.2 Å². The number of likely N-dealkylation sites (N-methyl/N-ethyl adjacent to an activating group) is 1. The van der Waals surface area contributed by atoms with Gasteiger partial charge in [0.15, 0.2) is 0 Å². The predicted octanol–water partition coefficient (Wildman–Crippen LogP) is 4.13. The number of aromatic amines is 1. The van der Waals surface area contributed by atoms with Crippen molar-refractivity contribution in [3.63, 3.8) is 0 Å². The molecule has 5 rings (SSSR count). The molecule has 2 amide bonds. The molecule has 7 nitrogen and oxygen atoms in total. The third kappa shape index (κ3) is 4.51. The summed E-state index contributed by atoms with van der Waals surface area (Å²) in [6.45, 7) is 3.63. The number of aromatic nitrogens is 2. The Balaban J connectivity index is 0.00000259. The van der Waals surface area contributed by atoms with E-state index in [-0.39, 0.29) is 36.3 Å². The summed E-state index contributed by atoms with van der Waals surface area (Å²) in [5.41, 5.74) is 3.89. The lowest BCUT2D eigenvalue weighted by molar-refractivity contribution is -0.126. The van der Waals surface area contributed by atoms with Crippen LogP contribution in [0.5, 0.6) is 0 Å². The second-order valence-corrected chi connectivity index (χ2v) is 8.66. The molecule has 4 heterocycles. The molecule has 33 heavy (non-hydrogen) atoms. The number of halogens is 1. The molecule has 0 bridgehead atoms. The Hall–Kier alpha value is -3.16. The molecule has 2 N–H and O–H groups in total. The fourth-order valence-corrected chi connectivity index (χ4v) is 4.59. The van der Waals surface area contributed by atoms with Crippen LogP contribution in [0.25, 0.3) is 17.0 Å². The molecule has 2 aromatic heterocycles. The van der Waals surface area contributed by atoms with Crippen LogP contribution >= 0.6 is 12.4 Å². The number of anilines is 1. The smallest absolute Gasteiger partial charge is 0.246 e. The SMILES string of the molecule is CC(c1cc2ccccc2[nH]1)N(C)C(=O)/C=C/c1cnc2c(c1)CN1CCC[C@@H]1C(=O)N2.Cl.